The standard InChI is InChI=1S/C24H27NO4S/c1-18-12-14-20(15-13-18)30(27,28)25-16-7-5-6-9-19-10-8-11-22(21(19)17-25)29-23(26)24(2,3)4/h8,10-15H,6,9,16-17H2,1-4H3. The number of fused-ring (bicyclic) bond motifs is 1. The van der Waals surface area contributed by atoms with Gasteiger partial charge in [0.05, 0.1) is 16.9 Å². The van der Waals surface area contributed by atoms with Gasteiger partial charge in [-0.25, -0.2) is 8.42 Å². The maximum atomic E-state index is 13.3. The molecule has 0 atom stereocenters. The lowest BCUT2D eigenvalue weighted by molar-refractivity contribution is -0.143. The van der Waals surface area contributed by atoms with Crippen LogP contribution in [0.2, 0.25) is 0 Å². The average Bonchev–Trinajstić information content (AvgIpc) is 2.78. The van der Waals surface area contributed by atoms with Gasteiger partial charge in [0.1, 0.15) is 5.75 Å². The summed E-state index contributed by atoms with van der Waals surface area (Å²) in [7, 11) is -3.76. The van der Waals surface area contributed by atoms with Crippen LogP contribution in [0.25, 0.3) is 0 Å². The molecule has 0 unspecified atom stereocenters. The molecular formula is C24H27NO4S. The Balaban J connectivity index is 2.03. The molecule has 0 radical (unpaired) electrons. The summed E-state index contributed by atoms with van der Waals surface area (Å²) in [6, 6.07) is 12.3. The van der Waals surface area contributed by atoms with Crippen molar-refractivity contribution in [2.45, 2.75) is 52.0 Å². The van der Waals surface area contributed by atoms with Crippen LogP contribution in [0.4, 0.5) is 0 Å². The third kappa shape index (κ3) is 4.92. The molecule has 0 spiro atoms. The van der Waals surface area contributed by atoms with Gasteiger partial charge in [-0.15, -0.1) is 5.92 Å². The molecule has 1 heterocycles. The van der Waals surface area contributed by atoms with Crippen molar-refractivity contribution in [2.24, 2.45) is 5.41 Å². The number of nitrogens with zero attached hydrogens (tertiary/aromatic N) is 1. The van der Waals surface area contributed by atoms with Gasteiger partial charge in [0, 0.05) is 18.5 Å². The third-order valence-corrected chi connectivity index (χ3v) is 6.74. The van der Waals surface area contributed by atoms with Crippen molar-refractivity contribution >= 4 is 16.0 Å². The number of carbonyl (C=O) groups excluding carboxylic acids is 1. The molecule has 2 aromatic carbocycles. The monoisotopic (exact) mass is 425 g/mol. The number of carbonyl (C=O) groups is 1. The first-order valence-electron chi connectivity index (χ1n) is 9.94. The number of hydrogen-bond acceptors (Lipinski definition) is 4. The Bertz CT molecular complexity index is 1100. The van der Waals surface area contributed by atoms with Gasteiger partial charge in [-0.2, -0.15) is 4.31 Å². The fraction of sp³-hybridized carbons (Fsp3) is 0.375. The Morgan fingerprint density at radius 1 is 1.07 bits per heavy atom. The van der Waals surface area contributed by atoms with Gasteiger partial charge in [-0.3, -0.25) is 4.79 Å². The molecule has 30 heavy (non-hydrogen) atoms. The molecular weight excluding hydrogens is 398 g/mol. The van der Waals surface area contributed by atoms with E-state index in [-0.39, 0.29) is 24.0 Å². The van der Waals surface area contributed by atoms with E-state index in [4.69, 9.17) is 4.74 Å². The summed E-state index contributed by atoms with van der Waals surface area (Å²) in [5.74, 6) is 6.06. The molecule has 0 amide bonds. The van der Waals surface area contributed by atoms with Crippen LogP contribution in [-0.4, -0.2) is 25.2 Å². The number of aryl methyl sites for hydroxylation is 2. The Kier molecular flexibility index (Phi) is 6.35. The van der Waals surface area contributed by atoms with Crippen molar-refractivity contribution < 1.29 is 17.9 Å². The zero-order valence-electron chi connectivity index (χ0n) is 17.9. The molecule has 6 heteroatoms. The summed E-state index contributed by atoms with van der Waals surface area (Å²) in [6.45, 7) is 7.44. The number of sulfonamides is 1. The highest BCUT2D eigenvalue weighted by Gasteiger charge is 2.29. The second kappa shape index (κ2) is 8.63. The Morgan fingerprint density at radius 2 is 1.77 bits per heavy atom. The minimum atomic E-state index is -3.76. The maximum Gasteiger partial charge on any atom is 0.316 e. The molecule has 5 nitrogen and oxygen atoms in total. The lowest BCUT2D eigenvalue weighted by Gasteiger charge is -2.24. The van der Waals surface area contributed by atoms with Crippen molar-refractivity contribution in [3.05, 3.63) is 59.2 Å². The Morgan fingerprint density at radius 3 is 2.43 bits per heavy atom. The Labute approximate surface area is 179 Å². The summed E-state index contributed by atoms with van der Waals surface area (Å²) < 4.78 is 33.7. The number of benzene rings is 2. The van der Waals surface area contributed by atoms with Gasteiger partial charge >= 0.3 is 5.97 Å². The first-order valence-corrected chi connectivity index (χ1v) is 11.4. The summed E-state index contributed by atoms with van der Waals surface area (Å²) in [5.41, 5.74) is 1.96. The van der Waals surface area contributed by atoms with E-state index < -0.39 is 15.4 Å². The summed E-state index contributed by atoms with van der Waals surface area (Å²) in [5, 5.41) is 0. The molecule has 3 rings (SSSR count). The van der Waals surface area contributed by atoms with Gasteiger partial charge in [0.2, 0.25) is 10.0 Å². The van der Waals surface area contributed by atoms with Gasteiger partial charge in [0.25, 0.3) is 0 Å². The Hall–Kier alpha value is -2.62. The minimum absolute atomic E-state index is 0.0806. The highest BCUT2D eigenvalue weighted by atomic mass is 32.2. The summed E-state index contributed by atoms with van der Waals surface area (Å²) in [6.07, 6.45) is 1.28. The van der Waals surface area contributed by atoms with Gasteiger partial charge in [-0.1, -0.05) is 35.7 Å². The van der Waals surface area contributed by atoms with Crippen LogP contribution < -0.4 is 4.74 Å². The van der Waals surface area contributed by atoms with Crippen molar-refractivity contribution in [3.63, 3.8) is 0 Å². The fourth-order valence-electron chi connectivity index (χ4n) is 3.06. The second-order valence-electron chi connectivity index (χ2n) is 8.47. The molecule has 1 aliphatic heterocycles. The van der Waals surface area contributed by atoms with Crippen molar-refractivity contribution in [3.8, 4) is 17.6 Å². The number of esters is 1. The van der Waals surface area contributed by atoms with E-state index in [0.717, 1.165) is 11.1 Å². The predicted octanol–water partition coefficient (Wildman–Crippen LogP) is 4.09. The molecule has 0 aliphatic carbocycles. The quantitative estimate of drug-likeness (QED) is 0.422. The van der Waals surface area contributed by atoms with Crippen LogP contribution in [-0.2, 0) is 27.8 Å². The molecule has 0 saturated heterocycles. The van der Waals surface area contributed by atoms with Gasteiger partial charge in [0.15, 0.2) is 0 Å². The molecule has 158 valence electrons. The van der Waals surface area contributed by atoms with E-state index in [2.05, 4.69) is 11.8 Å². The second-order valence-corrected chi connectivity index (χ2v) is 10.4. The molecule has 0 fully saturated rings. The van der Waals surface area contributed by atoms with Crippen LogP contribution in [0, 0.1) is 24.2 Å². The topological polar surface area (TPSA) is 63.7 Å². The number of hydrogen-bond donors (Lipinski definition) is 0. The summed E-state index contributed by atoms with van der Waals surface area (Å²) in [4.78, 5) is 12.7. The minimum Gasteiger partial charge on any atom is -0.426 e. The lowest BCUT2D eigenvalue weighted by Crippen LogP contribution is -2.32. The molecule has 1 aliphatic rings. The molecule has 0 bridgehead atoms. The normalized spacial score (nSPS) is 15.1. The van der Waals surface area contributed by atoms with Crippen LogP contribution in [0.3, 0.4) is 0 Å². The van der Waals surface area contributed by atoms with Crippen LogP contribution in [0.1, 0.15) is 43.9 Å². The maximum absolute atomic E-state index is 13.3. The van der Waals surface area contributed by atoms with E-state index in [1.54, 1.807) is 51.1 Å². The summed E-state index contributed by atoms with van der Waals surface area (Å²) >= 11 is 0. The fourth-order valence-corrected chi connectivity index (χ4v) is 4.38. The van der Waals surface area contributed by atoms with E-state index in [1.165, 1.54) is 4.31 Å². The first-order chi connectivity index (χ1) is 14.1. The SMILES string of the molecule is Cc1ccc(S(=O)(=O)N2CC#CCCc3cccc(OC(=O)C(C)(C)C)c3C2)cc1. The van der Waals surface area contributed by atoms with Crippen LogP contribution in [0.5, 0.6) is 5.75 Å². The zero-order chi connectivity index (χ0) is 21.9. The molecule has 0 aromatic heterocycles. The van der Waals surface area contributed by atoms with E-state index in [9.17, 15) is 13.2 Å². The van der Waals surface area contributed by atoms with Crippen molar-refractivity contribution in [1.29, 1.82) is 0 Å². The largest absolute Gasteiger partial charge is 0.426 e. The first kappa shape index (κ1) is 22.1. The van der Waals surface area contributed by atoms with Crippen LogP contribution in [0.15, 0.2) is 47.4 Å². The predicted molar refractivity (Wildman–Crippen MR) is 116 cm³/mol. The van der Waals surface area contributed by atoms with E-state index in [0.29, 0.717) is 24.2 Å². The van der Waals surface area contributed by atoms with E-state index >= 15 is 0 Å². The van der Waals surface area contributed by atoms with Crippen molar-refractivity contribution in [1.82, 2.24) is 4.31 Å². The third-order valence-electron chi connectivity index (χ3n) is 4.94. The molecule has 0 saturated carbocycles. The average molecular weight is 426 g/mol. The van der Waals surface area contributed by atoms with Crippen molar-refractivity contribution in [2.75, 3.05) is 6.54 Å². The highest BCUT2D eigenvalue weighted by molar-refractivity contribution is 7.89. The van der Waals surface area contributed by atoms with E-state index in [1.807, 2.05) is 19.1 Å². The molecule has 0 N–H and O–H groups in total. The number of ether oxygens (including phenoxy) is 1. The smallest absolute Gasteiger partial charge is 0.316 e. The number of rotatable bonds is 3. The van der Waals surface area contributed by atoms with Gasteiger partial charge < -0.3 is 4.74 Å². The zero-order valence-corrected chi connectivity index (χ0v) is 18.7. The lowest BCUT2D eigenvalue weighted by atomic mass is 9.97. The van der Waals surface area contributed by atoms with Gasteiger partial charge in [-0.05, 0) is 57.9 Å². The van der Waals surface area contributed by atoms with Crippen LogP contribution >= 0.6 is 0 Å². The molecule has 2 aromatic rings. The highest BCUT2D eigenvalue weighted by Crippen LogP contribution is 2.30.